The van der Waals surface area contributed by atoms with Crippen LogP contribution < -0.4 is 11.1 Å². The smallest absolute Gasteiger partial charge is 0.115 e. The van der Waals surface area contributed by atoms with Gasteiger partial charge < -0.3 is 21.3 Å². The van der Waals surface area contributed by atoms with Crippen LogP contribution >= 0.6 is 0 Å². The van der Waals surface area contributed by atoms with Crippen LogP contribution in [0.5, 0.6) is 5.75 Å². The summed E-state index contributed by atoms with van der Waals surface area (Å²) in [5, 5.41) is 22.7. The first-order valence-electron chi connectivity index (χ1n) is 6.08. The third-order valence-corrected chi connectivity index (χ3v) is 3.45. The molecule has 0 heterocycles. The van der Waals surface area contributed by atoms with E-state index in [4.69, 9.17) is 10.8 Å². The van der Waals surface area contributed by atoms with Gasteiger partial charge in [-0.1, -0.05) is 0 Å². The number of aliphatic hydroxyl groups is 1. The second-order valence-electron chi connectivity index (χ2n) is 4.96. The van der Waals surface area contributed by atoms with E-state index in [1.54, 1.807) is 24.3 Å². The van der Waals surface area contributed by atoms with E-state index in [-0.39, 0.29) is 11.8 Å². The molecule has 1 aliphatic rings. The average molecular weight is 236 g/mol. The Bertz CT molecular complexity index is 356. The lowest BCUT2D eigenvalue weighted by atomic mass is 9.82. The number of phenols is 1. The third-order valence-electron chi connectivity index (χ3n) is 3.45. The van der Waals surface area contributed by atoms with Crippen LogP contribution in [0.25, 0.3) is 0 Å². The molecule has 0 aromatic heterocycles. The van der Waals surface area contributed by atoms with Crippen molar-refractivity contribution in [3.63, 3.8) is 0 Å². The molecule has 0 saturated heterocycles. The molecule has 0 aliphatic heterocycles. The van der Waals surface area contributed by atoms with E-state index in [0.29, 0.717) is 6.54 Å². The maximum atomic E-state index is 10.3. The Hall–Kier alpha value is -1.26. The number of hydrogen-bond acceptors (Lipinski definition) is 4. The summed E-state index contributed by atoms with van der Waals surface area (Å²) in [4.78, 5) is 0. The van der Waals surface area contributed by atoms with Gasteiger partial charge in [0.05, 0.1) is 5.60 Å². The molecule has 1 aromatic carbocycles. The summed E-state index contributed by atoms with van der Waals surface area (Å²) in [6.07, 6.45) is 3.26. The van der Waals surface area contributed by atoms with E-state index in [1.807, 2.05) is 0 Å². The van der Waals surface area contributed by atoms with Gasteiger partial charge in [-0.15, -0.1) is 0 Å². The summed E-state index contributed by atoms with van der Waals surface area (Å²) < 4.78 is 0. The monoisotopic (exact) mass is 236 g/mol. The van der Waals surface area contributed by atoms with E-state index < -0.39 is 5.60 Å². The molecule has 94 valence electrons. The van der Waals surface area contributed by atoms with E-state index >= 15 is 0 Å². The first kappa shape index (κ1) is 12.2. The fourth-order valence-corrected chi connectivity index (χ4v) is 2.20. The minimum absolute atomic E-state index is 0.240. The maximum Gasteiger partial charge on any atom is 0.115 e. The van der Waals surface area contributed by atoms with E-state index in [1.165, 1.54) is 0 Å². The quantitative estimate of drug-likeness (QED) is 0.599. The molecule has 2 rings (SSSR count). The highest BCUT2D eigenvalue weighted by Gasteiger charge is 2.31. The Kier molecular flexibility index (Phi) is 3.54. The van der Waals surface area contributed by atoms with Gasteiger partial charge >= 0.3 is 0 Å². The van der Waals surface area contributed by atoms with Crippen molar-refractivity contribution in [2.24, 2.45) is 5.73 Å². The van der Waals surface area contributed by atoms with Gasteiger partial charge in [0.1, 0.15) is 5.75 Å². The summed E-state index contributed by atoms with van der Waals surface area (Å²) in [5.74, 6) is 0.248. The maximum absolute atomic E-state index is 10.3. The van der Waals surface area contributed by atoms with Crippen molar-refractivity contribution in [1.82, 2.24) is 0 Å². The highest BCUT2D eigenvalue weighted by Crippen LogP contribution is 2.28. The zero-order valence-corrected chi connectivity index (χ0v) is 9.89. The molecule has 1 aliphatic carbocycles. The van der Waals surface area contributed by atoms with Gasteiger partial charge in [0.25, 0.3) is 0 Å². The summed E-state index contributed by atoms with van der Waals surface area (Å²) >= 11 is 0. The Balaban J connectivity index is 1.87. The lowest BCUT2D eigenvalue weighted by molar-refractivity contribution is 0.0122. The Morgan fingerprint density at radius 2 is 1.82 bits per heavy atom. The minimum Gasteiger partial charge on any atom is -0.508 e. The van der Waals surface area contributed by atoms with Gasteiger partial charge in [-0.05, 0) is 49.9 Å². The molecule has 1 fully saturated rings. The zero-order chi connectivity index (χ0) is 12.3. The van der Waals surface area contributed by atoms with Crippen molar-refractivity contribution in [2.45, 2.75) is 37.3 Å². The molecular formula is C13H20N2O2. The van der Waals surface area contributed by atoms with Gasteiger partial charge in [0.15, 0.2) is 0 Å². The van der Waals surface area contributed by atoms with E-state index in [0.717, 1.165) is 31.4 Å². The number of nitrogens with two attached hydrogens (primary N) is 1. The van der Waals surface area contributed by atoms with Crippen LogP contribution in [0.15, 0.2) is 24.3 Å². The average Bonchev–Trinajstić information content (AvgIpc) is 2.33. The number of anilines is 1. The molecular weight excluding hydrogens is 216 g/mol. The molecule has 4 heteroatoms. The van der Waals surface area contributed by atoms with E-state index in [9.17, 15) is 5.11 Å². The highest BCUT2D eigenvalue weighted by molar-refractivity contribution is 5.46. The number of benzene rings is 1. The second kappa shape index (κ2) is 4.94. The summed E-state index contributed by atoms with van der Waals surface area (Å²) in [6.45, 7) is 0.532. The highest BCUT2D eigenvalue weighted by atomic mass is 16.3. The molecule has 0 spiro atoms. The van der Waals surface area contributed by atoms with Crippen LogP contribution in [0.3, 0.4) is 0 Å². The van der Waals surface area contributed by atoms with Crippen LogP contribution in [0, 0.1) is 0 Å². The number of rotatable bonds is 3. The van der Waals surface area contributed by atoms with Crippen molar-refractivity contribution in [1.29, 1.82) is 0 Å². The normalized spacial score (nSPS) is 28.9. The second-order valence-corrected chi connectivity index (χ2v) is 4.96. The lowest BCUT2D eigenvalue weighted by Gasteiger charge is -2.35. The first-order chi connectivity index (χ1) is 8.07. The van der Waals surface area contributed by atoms with Crippen LogP contribution in [0.2, 0.25) is 0 Å². The number of aromatic hydroxyl groups is 1. The number of nitrogens with one attached hydrogen (secondary N) is 1. The minimum atomic E-state index is -0.645. The molecule has 0 bridgehead atoms. The molecule has 4 nitrogen and oxygen atoms in total. The van der Waals surface area contributed by atoms with Crippen molar-refractivity contribution in [3.05, 3.63) is 24.3 Å². The van der Waals surface area contributed by atoms with Gasteiger partial charge in [0, 0.05) is 18.3 Å². The van der Waals surface area contributed by atoms with Crippen LogP contribution in [-0.2, 0) is 0 Å². The van der Waals surface area contributed by atoms with Crippen molar-refractivity contribution in [3.8, 4) is 5.75 Å². The predicted octanol–water partition coefficient (Wildman–Crippen LogP) is 1.44. The standard InChI is InChI=1S/C13H20N2O2/c14-10-5-7-13(17,8-6-10)9-15-11-1-3-12(16)4-2-11/h1-4,10,15-17H,5-9,14H2. The fraction of sp³-hybridized carbons (Fsp3) is 0.538. The zero-order valence-electron chi connectivity index (χ0n) is 9.89. The van der Waals surface area contributed by atoms with Gasteiger partial charge in [-0.3, -0.25) is 0 Å². The Labute approximate surface area is 101 Å². The molecule has 1 aromatic rings. The molecule has 0 unspecified atom stereocenters. The predicted molar refractivity (Wildman–Crippen MR) is 68.0 cm³/mol. The molecule has 0 radical (unpaired) electrons. The molecule has 17 heavy (non-hydrogen) atoms. The largest absolute Gasteiger partial charge is 0.508 e. The Morgan fingerprint density at radius 3 is 2.41 bits per heavy atom. The summed E-state index contributed by atoms with van der Waals surface area (Å²) in [7, 11) is 0. The molecule has 0 amide bonds. The third kappa shape index (κ3) is 3.35. The van der Waals surface area contributed by atoms with Gasteiger partial charge in [0.2, 0.25) is 0 Å². The van der Waals surface area contributed by atoms with Crippen LogP contribution in [0.4, 0.5) is 5.69 Å². The number of hydrogen-bond donors (Lipinski definition) is 4. The molecule has 5 N–H and O–H groups in total. The first-order valence-corrected chi connectivity index (χ1v) is 6.08. The van der Waals surface area contributed by atoms with Crippen molar-refractivity contribution >= 4 is 5.69 Å². The van der Waals surface area contributed by atoms with Crippen molar-refractivity contribution < 1.29 is 10.2 Å². The lowest BCUT2D eigenvalue weighted by Crippen LogP contribution is -2.43. The van der Waals surface area contributed by atoms with Crippen LogP contribution in [-0.4, -0.2) is 28.4 Å². The SMILES string of the molecule is NC1CCC(O)(CNc2ccc(O)cc2)CC1. The molecule has 1 saturated carbocycles. The number of phenolic OH excluding ortho intramolecular Hbond substituents is 1. The van der Waals surface area contributed by atoms with Crippen molar-refractivity contribution in [2.75, 3.05) is 11.9 Å². The Morgan fingerprint density at radius 1 is 1.24 bits per heavy atom. The fourth-order valence-electron chi connectivity index (χ4n) is 2.20. The summed E-state index contributed by atoms with van der Waals surface area (Å²) in [6, 6.07) is 7.09. The topological polar surface area (TPSA) is 78.5 Å². The van der Waals surface area contributed by atoms with Crippen LogP contribution in [0.1, 0.15) is 25.7 Å². The van der Waals surface area contributed by atoms with Gasteiger partial charge in [-0.2, -0.15) is 0 Å². The van der Waals surface area contributed by atoms with Gasteiger partial charge in [-0.25, -0.2) is 0 Å². The molecule has 0 atom stereocenters. The summed E-state index contributed by atoms with van der Waals surface area (Å²) in [5.41, 5.74) is 6.08. The van der Waals surface area contributed by atoms with E-state index in [2.05, 4.69) is 5.32 Å².